The van der Waals surface area contributed by atoms with Crippen LogP contribution in [0.4, 0.5) is 11.4 Å². The summed E-state index contributed by atoms with van der Waals surface area (Å²) in [4.78, 5) is 3.43. The van der Waals surface area contributed by atoms with Crippen molar-refractivity contribution in [3.05, 3.63) is 45.1 Å². The molecule has 0 saturated carbocycles. The molecule has 1 heterocycles. The van der Waals surface area contributed by atoms with Crippen LogP contribution >= 0.6 is 27.3 Å². The van der Waals surface area contributed by atoms with Crippen LogP contribution < -0.4 is 10.2 Å². The maximum absolute atomic E-state index is 3.57. The van der Waals surface area contributed by atoms with Crippen LogP contribution in [0, 0.1) is 0 Å². The molecular formula is C14H17BrN2S. The van der Waals surface area contributed by atoms with Gasteiger partial charge in [0.25, 0.3) is 0 Å². The van der Waals surface area contributed by atoms with Crippen molar-refractivity contribution in [3.63, 3.8) is 0 Å². The molecule has 0 radical (unpaired) electrons. The number of benzene rings is 1. The third kappa shape index (κ3) is 3.06. The number of anilines is 2. The topological polar surface area (TPSA) is 15.3 Å². The number of halogens is 1. The fourth-order valence-electron chi connectivity index (χ4n) is 1.79. The molecular weight excluding hydrogens is 308 g/mol. The quantitative estimate of drug-likeness (QED) is 0.873. The molecule has 18 heavy (non-hydrogen) atoms. The van der Waals surface area contributed by atoms with Crippen LogP contribution in [0.15, 0.2) is 40.2 Å². The van der Waals surface area contributed by atoms with Crippen LogP contribution in [0.5, 0.6) is 0 Å². The van der Waals surface area contributed by atoms with Crippen molar-refractivity contribution in [2.75, 3.05) is 24.3 Å². The van der Waals surface area contributed by atoms with Crippen LogP contribution in [0.2, 0.25) is 0 Å². The van der Waals surface area contributed by atoms with Gasteiger partial charge in [-0.3, -0.25) is 0 Å². The first-order valence-corrected chi connectivity index (χ1v) is 7.52. The zero-order valence-electron chi connectivity index (χ0n) is 10.8. The number of nitrogens with one attached hydrogen (secondary N) is 1. The highest BCUT2D eigenvalue weighted by Crippen LogP contribution is 2.31. The van der Waals surface area contributed by atoms with Gasteiger partial charge in [-0.1, -0.05) is 0 Å². The van der Waals surface area contributed by atoms with Crippen molar-refractivity contribution in [2.45, 2.75) is 13.0 Å². The fourth-order valence-corrected chi connectivity index (χ4v) is 3.51. The van der Waals surface area contributed by atoms with Crippen molar-refractivity contribution >= 4 is 38.6 Å². The molecule has 0 fully saturated rings. The van der Waals surface area contributed by atoms with Gasteiger partial charge in [-0.25, -0.2) is 0 Å². The number of thiophene rings is 1. The first kappa shape index (κ1) is 13.4. The van der Waals surface area contributed by atoms with Gasteiger partial charge in [0.1, 0.15) is 0 Å². The second-order valence-electron chi connectivity index (χ2n) is 4.44. The molecule has 1 aromatic heterocycles. The number of hydrogen-bond donors (Lipinski definition) is 1. The van der Waals surface area contributed by atoms with E-state index in [9.17, 15) is 0 Å². The molecule has 1 unspecified atom stereocenters. The minimum atomic E-state index is 0.310. The molecule has 0 aliphatic carbocycles. The maximum atomic E-state index is 3.57. The Morgan fingerprint density at radius 3 is 2.33 bits per heavy atom. The minimum Gasteiger partial charge on any atom is -0.378 e. The zero-order valence-corrected chi connectivity index (χ0v) is 13.2. The summed E-state index contributed by atoms with van der Waals surface area (Å²) in [5.74, 6) is 0. The minimum absolute atomic E-state index is 0.310. The molecule has 0 bridgehead atoms. The Bertz CT molecular complexity index is 505. The molecule has 96 valence electrons. The van der Waals surface area contributed by atoms with Gasteiger partial charge in [0.2, 0.25) is 0 Å². The molecule has 0 aliphatic heterocycles. The van der Waals surface area contributed by atoms with Crippen molar-refractivity contribution in [1.29, 1.82) is 0 Å². The summed E-state index contributed by atoms with van der Waals surface area (Å²) < 4.78 is 1.18. The van der Waals surface area contributed by atoms with Crippen LogP contribution in [-0.2, 0) is 0 Å². The van der Waals surface area contributed by atoms with Crippen LogP contribution in [0.25, 0.3) is 0 Å². The molecule has 0 saturated heterocycles. The van der Waals surface area contributed by atoms with E-state index < -0.39 is 0 Å². The van der Waals surface area contributed by atoms with Gasteiger partial charge in [-0.15, -0.1) is 11.3 Å². The summed E-state index contributed by atoms with van der Waals surface area (Å²) in [6.45, 7) is 2.18. The summed E-state index contributed by atoms with van der Waals surface area (Å²) in [6.07, 6.45) is 0. The fraction of sp³-hybridized carbons (Fsp3) is 0.286. The molecule has 0 amide bonds. The zero-order chi connectivity index (χ0) is 13.1. The van der Waals surface area contributed by atoms with E-state index in [1.54, 1.807) is 11.3 Å². The third-order valence-electron chi connectivity index (χ3n) is 2.80. The second kappa shape index (κ2) is 5.76. The van der Waals surface area contributed by atoms with Gasteiger partial charge < -0.3 is 10.2 Å². The lowest BCUT2D eigenvalue weighted by Crippen LogP contribution is -2.09. The standard InChI is InChI=1S/C14H17BrN2S/c1-10(14-13(15)8-9-18-14)16-11-4-6-12(7-5-11)17(2)3/h4-10,16H,1-3H3. The van der Waals surface area contributed by atoms with Gasteiger partial charge in [0.15, 0.2) is 0 Å². The van der Waals surface area contributed by atoms with E-state index in [4.69, 9.17) is 0 Å². The molecule has 0 spiro atoms. The molecule has 2 rings (SSSR count). The average molecular weight is 325 g/mol. The normalized spacial score (nSPS) is 12.2. The SMILES string of the molecule is CC(Nc1ccc(N(C)C)cc1)c1sccc1Br. The Kier molecular flexibility index (Phi) is 4.30. The van der Waals surface area contributed by atoms with Gasteiger partial charge in [0, 0.05) is 34.8 Å². The molecule has 0 aliphatic rings. The molecule has 2 aromatic rings. The van der Waals surface area contributed by atoms with Crippen molar-refractivity contribution in [3.8, 4) is 0 Å². The second-order valence-corrected chi connectivity index (χ2v) is 6.24. The Morgan fingerprint density at radius 1 is 1.17 bits per heavy atom. The number of nitrogens with zero attached hydrogens (tertiary/aromatic N) is 1. The van der Waals surface area contributed by atoms with Gasteiger partial charge >= 0.3 is 0 Å². The highest BCUT2D eigenvalue weighted by atomic mass is 79.9. The first-order chi connectivity index (χ1) is 8.58. The molecule has 1 aromatic carbocycles. The first-order valence-electron chi connectivity index (χ1n) is 5.84. The Hall–Kier alpha value is -1.00. The van der Waals surface area contributed by atoms with Gasteiger partial charge in [0.05, 0.1) is 6.04 Å². The summed E-state index contributed by atoms with van der Waals surface area (Å²) in [5.41, 5.74) is 2.36. The predicted octanol–water partition coefficient (Wildman–Crippen LogP) is 4.75. The Balaban J connectivity index is 2.08. The maximum Gasteiger partial charge on any atom is 0.0589 e. The van der Waals surface area contributed by atoms with Gasteiger partial charge in [-0.05, 0) is 58.6 Å². The van der Waals surface area contributed by atoms with Crippen molar-refractivity contribution in [1.82, 2.24) is 0 Å². The lowest BCUT2D eigenvalue weighted by Gasteiger charge is -2.16. The van der Waals surface area contributed by atoms with E-state index in [1.165, 1.54) is 15.0 Å². The number of rotatable bonds is 4. The Morgan fingerprint density at radius 2 is 1.83 bits per heavy atom. The van der Waals surface area contributed by atoms with Crippen LogP contribution in [0.3, 0.4) is 0 Å². The van der Waals surface area contributed by atoms with Gasteiger partial charge in [-0.2, -0.15) is 0 Å². The molecule has 1 atom stereocenters. The van der Waals surface area contributed by atoms with Crippen molar-refractivity contribution < 1.29 is 0 Å². The van der Waals surface area contributed by atoms with E-state index in [2.05, 4.69) is 68.8 Å². The summed E-state index contributed by atoms with van der Waals surface area (Å²) in [5, 5.41) is 5.62. The van der Waals surface area contributed by atoms with E-state index in [-0.39, 0.29) is 0 Å². The summed E-state index contributed by atoms with van der Waals surface area (Å²) in [7, 11) is 4.10. The number of hydrogen-bond acceptors (Lipinski definition) is 3. The lowest BCUT2D eigenvalue weighted by atomic mass is 10.2. The highest BCUT2D eigenvalue weighted by molar-refractivity contribution is 9.10. The summed E-state index contributed by atoms with van der Waals surface area (Å²) in [6, 6.07) is 10.9. The van der Waals surface area contributed by atoms with E-state index >= 15 is 0 Å². The smallest absolute Gasteiger partial charge is 0.0589 e. The molecule has 4 heteroatoms. The van der Waals surface area contributed by atoms with E-state index in [1.807, 2.05) is 14.1 Å². The molecule has 2 nitrogen and oxygen atoms in total. The van der Waals surface area contributed by atoms with Crippen molar-refractivity contribution in [2.24, 2.45) is 0 Å². The molecule has 1 N–H and O–H groups in total. The largest absolute Gasteiger partial charge is 0.378 e. The third-order valence-corrected chi connectivity index (χ3v) is 4.86. The lowest BCUT2D eigenvalue weighted by molar-refractivity contribution is 0.903. The van der Waals surface area contributed by atoms with E-state index in [0.29, 0.717) is 6.04 Å². The van der Waals surface area contributed by atoms with E-state index in [0.717, 1.165) is 5.69 Å². The monoisotopic (exact) mass is 324 g/mol. The Labute approximate surface area is 121 Å². The predicted molar refractivity (Wildman–Crippen MR) is 84.8 cm³/mol. The van der Waals surface area contributed by atoms with Crippen LogP contribution in [-0.4, -0.2) is 14.1 Å². The average Bonchev–Trinajstić information content (AvgIpc) is 2.76. The van der Waals surface area contributed by atoms with Crippen LogP contribution in [0.1, 0.15) is 17.8 Å². The summed E-state index contributed by atoms with van der Waals surface area (Å²) >= 11 is 5.34. The highest BCUT2D eigenvalue weighted by Gasteiger charge is 2.10.